The normalized spacial score (nSPS) is 17.3. The minimum atomic E-state index is 0.0556. The molecular formula is C20H28N4O. The molecule has 25 heavy (non-hydrogen) atoms. The molecule has 0 unspecified atom stereocenters. The van der Waals surface area contributed by atoms with Gasteiger partial charge in [-0.15, -0.1) is 0 Å². The van der Waals surface area contributed by atoms with Gasteiger partial charge in [0.05, 0.1) is 5.69 Å². The number of rotatable bonds is 5. The molecule has 0 N–H and O–H groups in total. The molecule has 0 aliphatic carbocycles. The van der Waals surface area contributed by atoms with Crippen LogP contribution in [0, 0.1) is 5.92 Å². The summed E-state index contributed by atoms with van der Waals surface area (Å²) in [6, 6.07) is 12.4. The average molecular weight is 340 g/mol. The topological polar surface area (TPSA) is 41.4 Å². The summed E-state index contributed by atoms with van der Waals surface area (Å²) in [5, 5.41) is 4.46. The number of benzene rings is 1. The van der Waals surface area contributed by atoms with Crippen molar-refractivity contribution in [1.82, 2.24) is 14.7 Å². The van der Waals surface area contributed by atoms with Crippen molar-refractivity contribution in [2.24, 2.45) is 13.0 Å². The van der Waals surface area contributed by atoms with Crippen LogP contribution in [0.1, 0.15) is 42.4 Å². The Bertz CT molecular complexity index is 723. The predicted molar refractivity (Wildman–Crippen MR) is 101 cm³/mol. The molecule has 1 amide bonds. The van der Waals surface area contributed by atoms with E-state index in [9.17, 15) is 4.79 Å². The quantitative estimate of drug-likeness (QED) is 0.840. The number of hydrogen-bond acceptors (Lipinski definition) is 3. The Kier molecular flexibility index (Phi) is 5.11. The number of anilines is 1. The van der Waals surface area contributed by atoms with E-state index in [-0.39, 0.29) is 5.91 Å². The molecule has 2 aromatic rings. The zero-order valence-electron chi connectivity index (χ0n) is 15.6. The summed E-state index contributed by atoms with van der Waals surface area (Å²) in [4.78, 5) is 17.0. The maximum Gasteiger partial charge on any atom is 0.271 e. The lowest BCUT2D eigenvalue weighted by Crippen LogP contribution is -2.34. The standard InChI is InChI=1S/C20H28N4O/c1-15(2)18-12-19(23(4)21-18)20(25)22(3)13-16-10-11-24(14-16)17-8-6-5-7-9-17/h5-9,12,15-16H,10-11,13-14H2,1-4H3/t16-/m1/s1. The highest BCUT2D eigenvalue weighted by Gasteiger charge is 2.26. The van der Waals surface area contributed by atoms with Crippen LogP contribution in [0.4, 0.5) is 5.69 Å². The number of aryl methyl sites for hydroxylation is 1. The Balaban J connectivity index is 1.61. The minimum Gasteiger partial charge on any atom is -0.371 e. The predicted octanol–water partition coefficient (Wildman–Crippen LogP) is 3.14. The molecule has 1 aliphatic rings. The molecule has 0 radical (unpaired) electrons. The third kappa shape index (κ3) is 3.86. The second kappa shape index (κ2) is 7.30. The van der Waals surface area contributed by atoms with E-state index in [0.717, 1.165) is 31.7 Å². The number of carbonyl (C=O) groups excluding carboxylic acids is 1. The monoisotopic (exact) mass is 340 g/mol. The summed E-state index contributed by atoms with van der Waals surface area (Å²) in [5.41, 5.74) is 2.91. The van der Waals surface area contributed by atoms with Crippen molar-refractivity contribution < 1.29 is 4.79 Å². The Labute approximate surface area is 150 Å². The lowest BCUT2D eigenvalue weighted by atomic mass is 10.1. The molecule has 134 valence electrons. The molecule has 1 fully saturated rings. The zero-order chi connectivity index (χ0) is 18.0. The molecule has 5 nitrogen and oxygen atoms in total. The molecule has 1 saturated heterocycles. The summed E-state index contributed by atoms with van der Waals surface area (Å²) in [5.74, 6) is 0.888. The Morgan fingerprint density at radius 2 is 2.04 bits per heavy atom. The summed E-state index contributed by atoms with van der Waals surface area (Å²) < 4.78 is 1.71. The van der Waals surface area contributed by atoms with Crippen LogP contribution in [-0.2, 0) is 7.05 Å². The molecule has 0 bridgehead atoms. The lowest BCUT2D eigenvalue weighted by molar-refractivity contribution is 0.0765. The van der Waals surface area contributed by atoms with Crippen molar-refractivity contribution in [2.45, 2.75) is 26.2 Å². The lowest BCUT2D eigenvalue weighted by Gasteiger charge is -2.22. The Hall–Kier alpha value is -2.30. The van der Waals surface area contributed by atoms with Gasteiger partial charge in [0, 0.05) is 39.4 Å². The first-order valence-corrected chi connectivity index (χ1v) is 9.05. The summed E-state index contributed by atoms with van der Waals surface area (Å²) >= 11 is 0. The molecule has 1 aliphatic heterocycles. The van der Waals surface area contributed by atoms with Crippen LogP contribution in [0.3, 0.4) is 0 Å². The number of aromatic nitrogens is 2. The van der Waals surface area contributed by atoms with E-state index in [1.54, 1.807) is 4.68 Å². The third-order valence-electron chi connectivity index (χ3n) is 5.00. The fraction of sp³-hybridized carbons (Fsp3) is 0.500. The molecule has 0 saturated carbocycles. The van der Waals surface area contributed by atoms with Crippen molar-refractivity contribution >= 4 is 11.6 Å². The highest BCUT2D eigenvalue weighted by molar-refractivity contribution is 5.92. The highest BCUT2D eigenvalue weighted by Crippen LogP contribution is 2.24. The van der Waals surface area contributed by atoms with Gasteiger partial charge in [0.1, 0.15) is 5.69 Å². The van der Waals surface area contributed by atoms with E-state index in [4.69, 9.17) is 0 Å². The molecule has 1 atom stereocenters. The first kappa shape index (κ1) is 17.5. The second-order valence-corrected chi connectivity index (χ2v) is 7.35. The SMILES string of the molecule is CC(C)c1cc(C(=O)N(C)C[C@H]2CCN(c3ccccc3)C2)n(C)n1. The molecule has 1 aromatic heterocycles. The molecule has 2 heterocycles. The fourth-order valence-corrected chi connectivity index (χ4v) is 3.49. The molecule has 1 aromatic carbocycles. The molecule has 5 heteroatoms. The van der Waals surface area contributed by atoms with Crippen molar-refractivity contribution in [1.29, 1.82) is 0 Å². The maximum absolute atomic E-state index is 12.8. The Morgan fingerprint density at radius 3 is 2.68 bits per heavy atom. The van der Waals surface area contributed by atoms with Gasteiger partial charge >= 0.3 is 0 Å². The van der Waals surface area contributed by atoms with E-state index in [0.29, 0.717) is 17.5 Å². The van der Waals surface area contributed by atoms with E-state index in [1.807, 2.05) is 31.1 Å². The van der Waals surface area contributed by atoms with Gasteiger partial charge in [-0.3, -0.25) is 9.48 Å². The highest BCUT2D eigenvalue weighted by atomic mass is 16.2. The van der Waals surface area contributed by atoms with Crippen LogP contribution >= 0.6 is 0 Å². The van der Waals surface area contributed by atoms with Gasteiger partial charge in [-0.25, -0.2) is 0 Å². The van der Waals surface area contributed by atoms with Crippen LogP contribution in [0.15, 0.2) is 36.4 Å². The first-order chi connectivity index (χ1) is 12.0. The largest absolute Gasteiger partial charge is 0.371 e. The van der Waals surface area contributed by atoms with Gasteiger partial charge in [-0.1, -0.05) is 32.0 Å². The van der Waals surface area contributed by atoms with Crippen LogP contribution in [0.2, 0.25) is 0 Å². The van der Waals surface area contributed by atoms with Gasteiger partial charge < -0.3 is 9.80 Å². The maximum atomic E-state index is 12.8. The molecule has 3 rings (SSSR count). The van der Waals surface area contributed by atoms with E-state index < -0.39 is 0 Å². The summed E-state index contributed by atoms with van der Waals surface area (Å²) in [6.45, 7) is 7.03. The Morgan fingerprint density at radius 1 is 1.32 bits per heavy atom. The van der Waals surface area contributed by atoms with Crippen LogP contribution in [-0.4, -0.2) is 47.3 Å². The van der Waals surface area contributed by atoms with Crippen molar-refractivity contribution in [3.63, 3.8) is 0 Å². The van der Waals surface area contributed by atoms with Gasteiger partial charge in [0.2, 0.25) is 0 Å². The van der Waals surface area contributed by atoms with Gasteiger partial charge in [0.25, 0.3) is 5.91 Å². The van der Waals surface area contributed by atoms with E-state index in [1.165, 1.54) is 5.69 Å². The first-order valence-electron chi connectivity index (χ1n) is 9.05. The average Bonchev–Trinajstić information content (AvgIpc) is 3.22. The summed E-state index contributed by atoms with van der Waals surface area (Å²) in [6.07, 6.45) is 1.12. The second-order valence-electron chi connectivity index (χ2n) is 7.35. The van der Waals surface area contributed by atoms with Crippen molar-refractivity contribution in [2.75, 3.05) is 31.6 Å². The number of amides is 1. The van der Waals surface area contributed by atoms with E-state index in [2.05, 4.69) is 48.1 Å². The zero-order valence-corrected chi connectivity index (χ0v) is 15.6. The van der Waals surface area contributed by atoms with Gasteiger partial charge in [-0.05, 0) is 36.5 Å². The number of hydrogen-bond donors (Lipinski definition) is 0. The molecule has 0 spiro atoms. The minimum absolute atomic E-state index is 0.0556. The fourth-order valence-electron chi connectivity index (χ4n) is 3.49. The molecular weight excluding hydrogens is 312 g/mol. The smallest absolute Gasteiger partial charge is 0.271 e. The van der Waals surface area contributed by atoms with Crippen LogP contribution in [0.25, 0.3) is 0 Å². The van der Waals surface area contributed by atoms with Crippen molar-refractivity contribution in [3.05, 3.63) is 47.8 Å². The van der Waals surface area contributed by atoms with Gasteiger partial charge in [0.15, 0.2) is 0 Å². The van der Waals surface area contributed by atoms with Crippen LogP contribution in [0.5, 0.6) is 0 Å². The van der Waals surface area contributed by atoms with Crippen LogP contribution < -0.4 is 4.90 Å². The third-order valence-corrected chi connectivity index (χ3v) is 5.00. The number of para-hydroxylation sites is 1. The summed E-state index contributed by atoms with van der Waals surface area (Å²) in [7, 11) is 3.75. The number of carbonyl (C=O) groups is 1. The van der Waals surface area contributed by atoms with Gasteiger partial charge in [-0.2, -0.15) is 5.10 Å². The number of nitrogens with zero attached hydrogens (tertiary/aromatic N) is 4. The van der Waals surface area contributed by atoms with Crippen molar-refractivity contribution in [3.8, 4) is 0 Å². The van der Waals surface area contributed by atoms with E-state index >= 15 is 0 Å².